The van der Waals surface area contributed by atoms with E-state index in [-0.39, 0.29) is 21.2 Å². The fourth-order valence-corrected chi connectivity index (χ4v) is 4.63. The van der Waals surface area contributed by atoms with Crippen LogP contribution in [0.15, 0.2) is 30.3 Å². The van der Waals surface area contributed by atoms with Crippen molar-refractivity contribution in [1.82, 2.24) is 4.98 Å². The van der Waals surface area contributed by atoms with Gasteiger partial charge in [-0.25, -0.2) is 8.42 Å². The van der Waals surface area contributed by atoms with Crippen molar-refractivity contribution < 1.29 is 47.3 Å². The first kappa shape index (κ1) is 22.1. The summed E-state index contributed by atoms with van der Waals surface area (Å²) in [6.45, 7) is 6.50. The second-order valence-corrected chi connectivity index (χ2v) is 9.47. The average Bonchev–Trinajstić information content (AvgIpc) is 2.41. The summed E-state index contributed by atoms with van der Waals surface area (Å²) in [5, 5.41) is 0.588. The molecule has 0 saturated carbocycles. The van der Waals surface area contributed by atoms with Crippen molar-refractivity contribution in [3.63, 3.8) is 0 Å². The summed E-state index contributed by atoms with van der Waals surface area (Å²) < 4.78 is 61.5. The zero-order valence-corrected chi connectivity index (χ0v) is 17.1. The molecule has 4 nitrogen and oxygen atoms in total. The standard InChI is InChI=1S/C14H14ClIN.CHF3O3S/c1-9-7-10(2)14(11(3)8-9)16-13-6-4-5-12(15)17-13;2-1(3,4)8(5,6)7/h4-8H,1-3H3;(H,5,6,7)/q+1;/p-1. The third-order valence-corrected chi connectivity index (χ3v) is 6.91. The number of halogens is 5. The van der Waals surface area contributed by atoms with Gasteiger partial charge in [-0.15, -0.1) is 0 Å². The molecule has 2 rings (SSSR count). The highest BCUT2D eigenvalue weighted by Crippen LogP contribution is 2.20. The molecule has 2 aromatic rings. The van der Waals surface area contributed by atoms with Crippen LogP contribution in [0.1, 0.15) is 16.7 Å². The SMILES string of the molecule is Cc1cc(C)c([I+]c2cccc(Cl)n2)c(C)c1.O=S(=O)([O-])C(F)(F)F. The lowest BCUT2D eigenvalue weighted by atomic mass is 10.1. The summed E-state index contributed by atoms with van der Waals surface area (Å²) in [7, 11) is -6.09. The van der Waals surface area contributed by atoms with Crippen molar-refractivity contribution in [1.29, 1.82) is 0 Å². The molecule has 1 aromatic heterocycles. The van der Waals surface area contributed by atoms with E-state index in [2.05, 4.69) is 44.0 Å². The smallest absolute Gasteiger partial charge is 0.485 e. The van der Waals surface area contributed by atoms with Gasteiger partial charge in [-0.1, -0.05) is 35.4 Å². The Balaban J connectivity index is 0.000000333. The molecule has 0 spiro atoms. The fraction of sp³-hybridized carbons (Fsp3) is 0.267. The van der Waals surface area contributed by atoms with E-state index in [0.717, 1.165) is 3.70 Å². The Morgan fingerprint density at radius 2 is 1.60 bits per heavy atom. The quantitative estimate of drug-likeness (QED) is 0.262. The summed E-state index contributed by atoms with van der Waals surface area (Å²) in [5.41, 5.74) is -1.58. The van der Waals surface area contributed by atoms with Gasteiger partial charge in [0.05, 0.1) is 0 Å². The van der Waals surface area contributed by atoms with Gasteiger partial charge < -0.3 is 4.55 Å². The molecule has 0 aliphatic rings. The van der Waals surface area contributed by atoms with Gasteiger partial charge in [0.15, 0.2) is 10.1 Å². The average molecular weight is 508 g/mol. The number of aromatic nitrogens is 1. The Morgan fingerprint density at radius 3 is 2.00 bits per heavy atom. The molecule has 0 fully saturated rings. The maximum atomic E-state index is 10.7. The van der Waals surface area contributed by atoms with E-state index in [0.29, 0.717) is 5.15 Å². The molecule has 0 N–H and O–H groups in total. The van der Waals surface area contributed by atoms with Crippen molar-refractivity contribution in [3.8, 4) is 0 Å². The van der Waals surface area contributed by atoms with E-state index in [1.807, 2.05) is 12.1 Å². The largest absolute Gasteiger partial charge is 0.741 e. The predicted molar refractivity (Wildman–Crippen MR) is 83.0 cm³/mol. The lowest BCUT2D eigenvalue weighted by Gasteiger charge is -2.08. The first-order chi connectivity index (χ1) is 11.3. The molecule has 10 heteroatoms. The fourth-order valence-electron chi connectivity index (χ4n) is 1.84. The van der Waals surface area contributed by atoms with E-state index in [4.69, 9.17) is 24.6 Å². The molecule has 1 aromatic carbocycles. The van der Waals surface area contributed by atoms with Crippen LogP contribution < -0.4 is 21.2 Å². The van der Waals surface area contributed by atoms with Gasteiger partial charge in [0.2, 0.25) is 3.57 Å². The van der Waals surface area contributed by atoms with Crippen molar-refractivity contribution >= 4 is 21.7 Å². The molecule has 0 bridgehead atoms. The van der Waals surface area contributed by atoms with E-state index in [1.54, 1.807) is 0 Å². The minimum absolute atomic E-state index is 0.240. The molecule has 1 heterocycles. The second-order valence-electron chi connectivity index (χ2n) is 4.99. The molecule has 0 aliphatic heterocycles. The van der Waals surface area contributed by atoms with Crippen molar-refractivity contribution in [2.75, 3.05) is 0 Å². The first-order valence-corrected chi connectivity index (χ1v) is 10.6. The summed E-state index contributed by atoms with van der Waals surface area (Å²) >= 11 is 5.68. The van der Waals surface area contributed by atoms with Crippen molar-refractivity contribution in [3.05, 3.63) is 59.4 Å². The van der Waals surface area contributed by atoms with Gasteiger partial charge in [-0.2, -0.15) is 18.2 Å². The van der Waals surface area contributed by atoms with E-state index in [1.165, 1.54) is 20.3 Å². The highest BCUT2D eigenvalue weighted by molar-refractivity contribution is 7.86. The normalized spacial score (nSPS) is 11.7. The Kier molecular flexibility index (Phi) is 7.66. The number of pyridine rings is 1. The molecule has 0 saturated heterocycles. The molecular formula is C15H14ClF3INO3S. The summed E-state index contributed by atoms with van der Waals surface area (Å²) in [6, 6.07) is 10.4. The van der Waals surface area contributed by atoms with Gasteiger partial charge in [0.1, 0.15) is 5.15 Å². The Morgan fingerprint density at radius 1 is 1.12 bits per heavy atom. The highest BCUT2D eigenvalue weighted by Gasteiger charge is 2.36. The van der Waals surface area contributed by atoms with Crippen molar-refractivity contribution in [2.45, 2.75) is 26.3 Å². The van der Waals surface area contributed by atoms with E-state index < -0.39 is 15.6 Å². The van der Waals surface area contributed by atoms with E-state index in [9.17, 15) is 13.2 Å². The summed E-state index contributed by atoms with van der Waals surface area (Å²) in [4.78, 5) is 4.39. The Labute approximate surface area is 159 Å². The number of alkyl halides is 3. The molecule has 25 heavy (non-hydrogen) atoms. The van der Waals surface area contributed by atoms with Gasteiger partial charge in [0.25, 0.3) is 3.70 Å². The van der Waals surface area contributed by atoms with Crippen molar-refractivity contribution in [2.24, 2.45) is 0 Å². The zero-order chi connectivity index (χ0) is 19.4. The van der Waals surface area contributed by atoms with Crippen LogP contribution in [-0.4, -0.2) is 23.5 Å². The second kappa shape index (κ2) is 8.65. The third-order valence-electron chi connectivity index (χ3n) is 2.74. The molecule has 138 valence electrons. The highest BCUT2D eigenvalue weighted by atomic mass is 127. The van der Waals surface area contributed by atoms with Gasteiger partial charge in [0, 0.05) is 17.2 Å². The van der Waals surface area contributed by atoms with Crippen LogP contribution in [0.2, 0.25) is 5.15 Å². The van der Waals surface area contributed by atoms with Crippen LogP contribution in [0.25, 0.3) is 0 Å². The molecule has 0 radical (unpaired) electrons. The number of hydrogen-bond acceptors (Lipinski definition) is 4. The summed E-state index contributed by atoms with van der Waals surface area (Å²) in [6.07, 6.45) is 0. The van der Waals surface area contributed by atoms with Crippen LogP contribution in [0.4, 0.5) is 13.2 Å². The molecule has 0 unspecified atom stereocenters. The summed E-state index contributed by atoms with van der Waals surface area (Å²) in [5.74, 6) is 0. The molecule has 0 amide bonds. The Bertz CT molecular complexity index is 834. The lowest BCUT2D eigenvalue weighted by Crippen LogP contribution is -3.62. The van der Waals surface area contributed by atoms with Crippen LogP contribution in [0, 0.1) is 28.0 Å². The minimum atomic E-state index is -6.09. The van der Waals surface area contributed by atoms with Gasteiger partial charge >= 0.3 is 26.7 Å². The van der Waals surface area contributed by atoms with Crippen LogP contribution in [0.5, 0.6) is 0 Å². The van der Waals surface area contributed by atoms with Gasteiger partial charge in [-0.05, 0) is 26.8 Å². The number of benzene rings is 1. The number of rotatable bonds is 2. The number of aryl methyl sites for hydroxylation is 3. The minimum Gasteiger partial charge on any atom is -0.741 e. The van der Waals surface area contributed by atoms with Crippen LogP contribution in [-0.2, 0) is 10.1 Å². The van der Waals surface area contributed by atoms with Crippen LogP contribution >= 0.6 is 11.6 Å². The molecule has 0 aliphatic carbocycles. The van der Waals surface area contributed by atoms with Crippen LogP contribution in [0.3, 0.4) is 0 Å². The number of nitrogens with zero attached hydrogens (tertiary/aromatic N) is 1. The lowest BCUT2D eigenvalue weighted by molar-refractivity contribution is -0.604. The first-order valence-electron chi connectivity index (χ1n) is 6.68. The maximum Gasteiger partial charge on any atom is 0.485 e. The molecule has 0 atom stereocenters. The monoisotopic (exact) mass is 507 g/mol. The Hall–Kier alpha value is -0.910. The maximum absolute atomic E-state index is 10.7. The van der Waals surface area contributed by atoms with Gasteiger partial charge in [-0.3, -0.25) is 0 Å². The predicted octanol–water partition coefficient (Wildman–Crippen LogP) is 0.840. The third kappa shape index (κ3) is 7.08. The molecular weight excluding hydrogens is 494 g/mol. The topological polar surface area (TPSA) is 70.1 Å². The van der Waals surface area contributed by atoms with E-state index >= 15 is 0 Å². The zero-order valence-electron chi connectivity index (χ0n) is 13.4. The number of hydrogen-bond donors (Lipinski definition) is 0.